The monoisotopic (exact) mass is 817 g/mol. The van der Waals surface area contributed by atoms with E-state index in [1.54, 1.807) is 46.0 Å². The van der Waals surface area contributed by atoms with Crippen molar-refractivity contribution >= 4 is 34.8 Å². The molecule has 4 rings (SSSR count). The second kappa shape index (κ2) is 23.2. The molecule has 1 unspecified atom stereocenters. The molecule has 1 saturated heterocycles. The number of ether oxygens (including phenoxy) is 6. The first kappa shape index (κ1) is 46.2. The molecule has 0 spiro atoms. The molecule has 4 amide bonds. The number of nitrogens with zero attached hydrogens (tertiary/aromatic N) is 2. The van der Waals surface area contributed by atoms with Gasteiger partial charge in [0, 0.05) is 31.0 Å². The molecule has 2 heterocycles. The van der Waals surface area contributed by atoms with Gasteiger partial charge < -0.3 is 39.5 Å². The van der Waals surface area contributed by atoms with Gasteiger partial charge in [0.15, 0.2) is 0 Å². The Bertz CT molecular complexity index is 2080. The number of hydrogen-bond donors (Lipinski definition) is 3. The first-order valence-electron chi connectivity index (χ1n) is 19.5. The van der Waals surface area contributed by atoms with Gasteiger partial charge in [0.05, 0.1) is 69.4 Å². The molecule has 2 aromatic carbocycles. The summed E-state index contributed by atoms with van der Waals surface area (Å²) < 4.78 is 36.4. The first-order chi connectivity index (χ1) is 28.2. The quantitative estimate of drug-likeness (QED) is 0.0861. The van der Waals surface area contributed by atoms with E-state index in [9.17, 15) is 24.0 Å². The molecule has 3 aromatic rings. The molecule has 3 atom stereocenters. The van der Waals surface area contributed by atoms with Crippen LogP contribution in [0.1, 0.15) is 76.1 Å². The van der Waals surface area contributed by atoms with Crippen molar-refractivity contribution in [2.45, 2.75) is 83.8 Å². The predicted octanol–water partition coefficient (Wildman–Crippen LogP) is 2.85. The number of imidazole rings is 1. The minimum absolute atomic E-state index is 0.106. The number of carbonyl (C=O) groups is 4. The van der Waals surface area contributed by atoms with E-state index in [0.29, 0.717) is 69.3 Å². The van der Waals surface area contributed by atoms with Gasteiger partial charge in [-0.3, -0.25) is 28.8 Å². The van der Waals surface area contributed by atoms with E-state index >= 15 is 0 Å². The molecule has 0 bridgehead atoms. The first-order valence-corrected chi connectivity index (χ1v) is 19.5. The molecule has 4 N–H and O–H groups in total. The van der Waals surface area contributed by atoms with E-state index in [1.807, 2.05) is 31.2 Å². The molecule has 16 nitrogen and oxygen atoms in total. The van der Waals surface area contributed by atoms with Crippen molar-refractivity contribution in [3.8, 4) is 23.7 Å². The van der Waals surface area contributed by atoms with Gasteiger partial charge in [-0.25, -0.2) is 9.59 Å². The Morgan fingerprint density at radius 2 is 1.47 bits per heavy atom. The topological polar surface area (TPSA) is 201 Å². The van der Waals surface area contributed by atoms with Crippen LogP contribution in [-0.2, 0) is 56.5 Å². The van der Waals surface area contributed by atoms with Crippen LogP contribution in [0.25, 0.3) is 11.0 Å². The standard InChI is InChI=1S/C43H55N5O11/c1-30(34(15-18-38(44)49)45-41(52)59-43(2,3)4)58-29-33-12-10-31(11-13-33)8-6-20-54-22-24-56-26-27-57-25-23-55-21-7-9-32-14-16-35-37(28-32)47(5)42(53)48(35)36-17-19-39(50)46-40(36)51/h10-14,16,28,30,34,36H,15,17-27,29H2,1-5H3,(H2,44,49)(H,45,52)(H,46,50,51)/t30-,34+,36?/m1/s1. The van der Waals surface area contributed by atoms with Crippen molar-refractivity contribution in [2.24, 2.45) is 12.8 Å². The highest BCUT2D eigenvalue weighted by Crippen LogP contribution is 2.23. The maximum atomic E-state index is 12.9. The largest absolute Gasteiger partial charge is 0.444 e. The minimum Gasteiger partial charge on any atom is -0.444 e. The van der Waals surface area contributed by atoms with Gasteiger partial charge >= 0.3 is 11.8 Å². The van der Waals surface area contributed by atoms with Crippen molar-refractivity contribution in [2.75, 3.05) is 52.9 Å². The van der Waals surface area contributed by atoms with Gasteiger partial charge in [0.1, 0.15) is 24.9 Å². The van der Waals surface area contributed by atoms with Crippen LogP contribution in [0.4, 0.5) is 4.79 Å². The number of aromatic nitrogens is 2. The fourth-order valence-corrected chi connectivity index (χ4v) is 5.96. The highest BCUT2D eigenvalue weighted by atomic mass is 16.6. The zero-order chi connectivity index (χ0) is 42.8. The average Bonchev–Trinajstić information content (AvgIpc) is 3.42. The molecule has 0 saturated carbocycles. The van der Waals surface area contributed by atoms with Crippen LogP contribution in [0, 0.1) is 23.7 Å². The number of benzene rings is 2. The van der Waals surface area contributed by atoms with Crippen LogP contribution < -0.4 is 22.1 Å². The molecule has 16 heteroatoms. The van der Waals surface area contributed by atoms with E-state index in [1.165, 1.54) is 9.13 Å². The van der Waals surface area contributed by atoms with Crippen molar-refractivity contribution in [1.82, 2.24) is 19.8 Å². The number of amides is 4. The number of aryl methyl sites for hydroxylation is 1. The van der Waals surface area contributed by atoms with Crippen LogP contribution in [0.3, 0.4) is 0 Å². The van der Waals surface area contributed by atoms with Gasteiger partial charge in [-0.15, -0.1) is 0 Å². The third kappa shape index (κ3) is 15.7. The molecule has 59 heavy (non-hydrogen) atoms. The maximum absolute atomic E-state index is 12.9. The Balaban J connectivity index is 1.03. The molecule has 0 aliphatic carbocycles. The number of rotatable bonds is 20. The summed E-state index contributed by atoms with van der Waals surface area (Å²) in [6, 6.07) is 11.8. The number of piperidine rings is 1. The Morgan fingerprint density at radius 1 is 0.881 bits per heavy atom. The van der Waals surface area contributed by atoms with Crippen LogP contribution in [0.2, 0.25) is 0 Å². The SMILES string of the molecule is C[C@@H](OCc1ccc(C#CCOCCOCCOCCOCC#Cc2ccc3c(c2)n(C)c(=O)n3C2CCC(=O)NC2=O)cc1)[C@H](CCC(N)=O)NC(=O)OC(C)(C)C. The number of alkyl carbamates (subject to hydrolysis) is 1. The number of carbonyl (C=O) groups excluding carboxylic acids is 4. The van der Waals surface area contributed by atoms with Gasteiger partial charge in [-0.2, -0.15) is 0 Å². The second-order valence-corrected chi connectivity index (χ2v) is 14.8. The Morgan fingerprint density at radius 3 is 2.07 bits per heavy atom. The highest BCUT2D eigenvalue weighted by Gasteiger charge is 2.31. The average molecular weight is 818 g/mol. The molecular formula is C43H55N5O11. The molecule has 1 aliphatic rings. The number of imide groups is 1. The van der Waals surface area contributed by atoms with Gasteiger partial charge in [-0.05, 0) is 76.4 Å². The van der Waals surface area contributed by atoms with Crippen LogP contribution in [0.5, 0.6) is 0 Å². The van der Waals surface area contributed by atoms with E-state index in [-0.39, 0.29) is 44.1 Å². The molecule has 0 radical (unpaired) electrons. The lowest BCUT2D eigenvalue weighted by Crippen LogP contribution is -2.45. The molecular weight excluding hydrogens is 762 g/mol. The molecule has 1 aliphatic heterocycles. The summed E-state index contributed by atoms with van der Waals surface area (Å²) in [6.07, 6.45) is -0.0961. The Hall–Kier alpha value is -5.49. The molecule has 1 fully saturated rings. The van der Waals surface area contributed by atoms with E-state index in [2.05, 4.69) is 34.3 Å². The highest BCUT2D eigenvalue weighted by molar-refractivity contribution is 6.00. The summed E-state index contributed by atoms with van der Waals surface area (Å²) in [5, 5.41) is 5.10. The number of nitrogens with one attached hydrogen (secondary N) is 2. The predicted molar refractivity (Wildman–Crippen MR) is 218 cm³/mol. The van der Waals surface area contributed by atoms with Crippen molar-refractivity contribution < 1.29 is 47.6 Å². The lowest BCUT2D eigenvalue weighted by Gasteiger charge is -2.27. The van der Waals surface area contributed by atoms with Gasteiger partial charge in [-0.1, -0.05) is 35.8 Å². The maximum Gasteiger partial charge on any atom is 0.407 e. The second-order valence-electron chi connectivity index (χ2n) is 14.8. The van der Waals surface area contributed by atoms with E-state index in [0.717, 1.165) is 11.1 Å². The third-order valence-corrected chi connectivity index (χ3v) is 8.98. The van der Waals surface area contributed by atoms with Crippen LogP contribution in [0.15, 0.2) is 47.3 Å². The summed E-state index contributed by atoms with van der Waals surface area (Å²) >= 11 is 0. The van der Waals surface area contributed by atoms with Crippen molar-refractivity contribution in [1.29, 1.82) is 0 Å². The van der Waals surface area contributed by atoms with Crippen LogP contribution >= 0.6 is 0 Å². The summed E-state index contributed by atoms with van der Waals surface area (Å²) in [7, 11) is 1.64. The lowest BCUT2D eigenvalue weighted by molar-refractivity contribution is -0.135. The van der Waals surface area contributed by atoms with E-state index in [4.69, 9.17) is 34.2 Å². The Labute approximate surface area is 344 Å². The summed E-state index contributed by atoms with van der Waals surface area (Å²) in [6.45, 7) is 10.3. The fraction of sp³-hybridized carbons (Fsp3) is 0.512. The fourth-order valence-electron chi connectivity index (χ4n) is 5.96. The zero-order valence-corrected chi connectivity index (χ0v) is 34.4. The number of fused-ring (bicyclic) bond motifs is 1. The number of primary amides is 1. The van der Waals surface area contributed by atoms with Gasteiger partial charge in [0.25, 0.3) is 0 Å². The summed E-state index contributed by atoms with van der Waals surface area (Å²) in [5.41, 5.74) is 8.03. The van der Waals surface area contributed by atoms with Gasteiger partial charge in [0.2, 0.25) is 17.7 Å². The molecule has 1 aromatic heterocycles. The van der Waals surface area contributed by atoms with Crippen LogP contribution in [-0.4, -0.2) is 104 Å². The minimum atomic E-state index is -0.736. The summed E-state index contributed by atoms with van der Waals surface area (Å²) in [4.78, 5) is 60.5. The zero-order valence-electron chi connectivity index (χ0n) is 34.4. The number of nitrogens with two attached hydrogens (primary N) is 1. The summed E-state index contributed by atoms with van der Waals surface area (Å²) in [5.74, 6) is 10.8. The normalized spacial score (nSPS) is 15.0. The van der Waals surface area contributed by atoms with Crippen molar-refractivity contribution in [3.63, 3.8) is 0 Å². The van der Waals surface area contributed by atoms with E-state index < -0.39 is 41.7 Å². The Kier molecular flexibility index (Phi) is 18.2. The lowest BCUT2D eigenvalue weighted by atomic mass is 10.1. The van der Waals surface area contributed by atoms with Crippen molar-refractivity contribution in [3.05, 3.63) is 69.6 Å². The number of hydrogen-bond acceptors (Lipinski definition) is 11. The smallest absolute Gasteiger partial charge is 0.407 e. The molecule has 318 valence electrons. The third-order valence-electron chi connectivity index (χ3n) is 8.98.